The van der Waals surface area contributed by atoms with Gasteiger partial charge in [0.15, 0.2) is 0 Å². The predicted octanol–water partition coefficient (Wildman–Crippen LogP) is 1.23. The van der Waals surface area contributed by atoms with Crippen LogP contribution in [0.4, 0.5) is 0 Å². The highest BCUT2D eigenvalue weighted by Gasteiger charge is 1.78. The Labute approximate surface area is 60.9 Å². The molecule has 60 valence electrons. The minimum absolute atomic E-state index is 0.0231. The number of hydrogen-bond acceptors (Lipinski definition) is 3. The molecule has 0 spiro atoms. The Balaban J connectivity index is 0. The van der Waals surface area contributed by atoms with E-state index in [-0.39, 0.29) is 11.5 Å². The molecule has 2 N–H and O–H groups in total. The Morgan fingerprint density at radius 3 is 2.00 bits per heavy atom. The second kappa shape index (κ2) is 7.88. The molecular formula is C7H13O3-. The maximum atomic E-state index is 9.33. The second-order valence-electron chi connectivity index (χ2n) is 1.68. The summed E-state index contributed by atoms with van der Waals surface area (Å²) < 4.78 is 0. The summed E-state index contributed by atoms with van der Waals surface area (Å²) in [6, 6.07) is 0. The predicted molar refractivity (Wildman–Crippen MR) is 38.4 cm³/mol. The summed E-state index contributed by atoms with van der Waals surface area (Å²) in [6.07, 6.45) is 1.19. The van der Waals surface area contributed by atoms with Crippen LogP contribution in [0.2, 0.25) is 0 Å². The molecule has 0 aliphatic rings. The minimum atomic E-state index is -0.0833. The molecule has 0 saturated carbocycles. The number of hydrogen-bond donors (Lipinski definition) is 2. The average molecular weight is 145 g/mol. The molecule has 3 nitrogen and oxygen atoms in total. The van der Waals surface area contributed by atoms with Gasteiger partial charge in [0.2, 0.25) is 0 Å². The first-order chi connectivity index (χ1) is 4.54. The van der Waals surface area contributed by atoms with Gasteiger partial charge in [-0.05, 0) is 0 Å². The van der Waals surface area contributed by atoms with Crippen molar-refractivity contribution in [2.75, 3.05) is 0 Å². The van der Waals surface area contributed by atoms with Crippen LogP contribution in [0.15, 0.2) is 24.4 Å². The van der Waals surface area contributed by atoms with E-state index in [1.807, 2.05) is 0 Å². The summed E-state index contributed by atoms with van der Waals surface area (Å²) in [5.41, 5.74) is 0. The Hall–Kier alpha value is -1.12. The molecule has 0 saturated heterocycles. The van der Waals surface area contributed by atoms with Gasteiger partial charge in [0.05, 0.1) is 0 Å². The highest BCUT2D eigenvalue weighted by molar-refractivity contribution is 4.79. The molecule has 0 aromatic carbocycles. The Kier molecular flexibility index (Phi) is 9.18. The lowest BCUT2D eigenvalue weighted by atomic mass is 10.4. The first-order valence-corrected chi connectivity index (χ1v) is 2.89. The topological polar surface area (TPSA) is 63.5 Å². The molecule has 10 heavy (non-hydrogen) atoms. The van der Waals surface area contributed by atoms with Gasteiger partial charge in [-0.25, -0.2) is 0 Å². The van der Waals surface area contributed by atoms with E-state index in [2.05, 4.69) is 6.58 Å². The second-order valence-corrected chi connectivity index (χ2v) is 1.68. The smallest absolute Gasteiger partial charge is 0.126 e. The Morgan fingerprint density at radius 2 is 2.00 bits per heavy atom. The van der Waals surface area contributed by atoms with Crippen molar-refractivity contribution in [3.63, 3.8) is 0 Å². The molecule has 0 radical (unpaired) electrons. The maximum Gasteiger partial charge on any atom is 0.126 e. The van der Waals surface area contributed by atoms with Gasteiger partial charge in [0.1, 0.15) is 12.0 Å². The SMILES string of the molecule is C=C(C)[O-].CCC(O)=CO. The van der Waals surface area contributed by atoms with Crippen molar-refractivity contribution < 1.29 is 15.3 Å². The van der Waals surface area contributed by atoms with E-state index < -0.39 is 0 Å². The lowest BCUT2D eigenvalue weighted by molar-refractivity contribution is -0.300. The van der Waals surface area contributed by atoms with Crippen LogP contribution in [-0.2, 0) is 0 Å². The van der Waals surface area contributed by atoms with Crippen LogP contribution in [0.25, 0.3) is 0 Å². The van der Waals surface area contributed by atoms with E-state index in [9.17, 15) is 5.11 Å². The van der Waals surface area contributed by atoms with Crippen LogP contribution in [0.3, 0.4) is 0 Å². The summed E-state index contributed by atoms with van der Waals surface area (Å²) in [7, 11) is 0. The molecule has 0 aromatic rings. The van der Waals surface area contributed by atoms with Crippen LogP contribution in [-0.4, -0.2) is 10.2 Å². The maximum absolute atomic E-state index is 9.33. The third-order valence-corrected chi connectivity index (χ3v) is 0.511. The van der Waals surface area contributed by atoms with Crippen molar-refractivity contribution in [3.8, 4) is 0 Å². The summed E-state index contributed by atoms with van der Waals surface area (Å²) >= 11 is 0. The minimum Gasteiger partial charge on any atom is -0.876 e. The van der Waals surface area contributed by atoms with E-state index in [1.165, 1.54) is 6.92 Å². The molecule has 0 aliphatic heterocycles. The fourth-order valence-electron chi connectivity index (χ4n) is 0.0913. The molecule has 0 atom stereocenters. The van der Waals surface area contributed by atoms with E-state index in [0.29, 0.717) is 12.7 Å². The third-order valence-electron chi connectivity index (χ3n) is 0.511. The van der Waals surface area contributed by atoms with Crippen molar-refractivity contribution in [2.24, 2.45) is 0 Å². The van der Waals surface area contributed by atoms with Gasteiger partial charge in [-0.15, -0.1) is 12.3 Å². The first kappa shape index (κ1) is 11.6. The molecule has 0 fully saturated rings. The first-order valence-electron chi connectivity index (χ1n) is 2.89. The van der Waals surface area contributed by atoms with Crippen molar-refractivity contribution in [1.82, 2.24) is 0 Å². The zero-order valence-corrected chi connectivity index (χ0v) is 6.29. The number of aliphatic hydroxyl groups is 2. The van der Waals surface area contributed by atoms with Crippen LogP contribution < -0.4 is 5.11 Å². The quantitative estimate of drug-likeness (QED) is 0.545. The molecule has 3 heteroatoms. The summed E-state index contributed by atoms with van der Waals surface area (Å²) in [6.45, 7) is 6.17. The van der Waals surface area contributed by atoms with E-state index in [0.717, 1.165) is 0 Å². The normalized spacial score (nSPS) is 9.60. The van der Waals surface area contributed by atoms with Gasteiger partial charge in [-0.3, -0.25) is 0 Å². The summed E-state index contributed by atoms with van der Waals surface area (Å²) in [5.74, 6) is -0.0602. The van der Waals surface area contributed by atoms with Crippen molar-refractivity contribution in [1.29, 1.82) is 0 Å². The van der Waals surface area contributed by atoms with Gasteiger partial charge in [0, 0.05) is 6.42 Å². The molecule has 0 amide bonds. The van der Waals surface area contributed by atoms with Gasteiger partial charge >= 0.3 is 0 Å². The lowest BCUT2D eigenvalue weighted by Crippen LogP contribution is -1.92. The summed E-state index contributed by atoms with van der Waals surface area (Å²) in [5, 5.41) is 25.5. The summed E-state index contributed by atoms with van der Waals surface area (Å²) in [4.78, 5) is 0. The van der Waals surface area contributed by atoms with Crippen molar-refractivity contribution in [2.45, 2.75) is 20.3 Å². The molecule has 0 aliphatic carbocycles. The zero-order valence-electron chi connectivity index (χ0n) is 6.29. The van der Waals surface area contributed by atoms with Crippen LogP contribution in [0.1, 0.15) is 20.3 Å². The number of rotatable bonds is 1. The third kappa shape index (κ3) is 28.7. The van der Waals surface area contributed by atoms with Gasteiger partial charge in [-0.2, -0.15) is 0 Å². The monoisotopic (exact) mass is 145 g/mol. The van der Waals surface area contributed by atoms with Crippen molar-refractivity contribution >= 4 is 0 Å². The van der Waals surface area contributed by atoms with E-state index in [1.54, 1.807) is 6.92 Å². The van der Waals surface area contributed by atoms with Crippen LogP contribution >= 0.6 is 0 Å². The fourth-order valence-corrected chi connectivity index (χ4v) is 0.0913. The van der Waals surface area contributed by atoms with Gasteiger partial charge in [0.25, 0.3) is 0 Å². The van der Waals surface area contributed by atoms with Crippen molar-refractivity contribution in [3.05, 3.63) is 24.4 Å². The molecule has 0 unspecified atom stereocenters. The number of aliphatic hydroxyl groups excluding tert-OH is 2. The Morgan fingerprint density at radius 1 is 1.70 bits per heavy atom. The van der Waals surface area contributed by atoms with Crippen LogP contribution in [0.5, 0.6) is 0 Å². The van der Waals surface area contributed by atoms with E-state index >= 15 is 0 Å². The standard InChI is InChI=1S/C4H8O2.C3H6O/c1-2-4(6)3-5;1-3(2)4/h3,5-6H,2H2,1H3;4H,1H2,2H3/p-1. The molecule has 0 heterocycles. The average Bonchev–Trinajstić information content (AvgIpc) is 1.85. The highest BCUT2D eigenvalue weighted by atomic mass is 16.3. The van der Waals surface area contributed by atoms with Gasteiger partial charge in [-0.1, -0.05) is 13.8 Å². The Bertz CT molecular complexity index is 112. The molecule has 0 aromatic heterocycles. The molecule has 0 bridgehead atoms. The lowest BCUT2D eigenvalue weighted by Gasteiger charge is -1.92. The highest BCUT2D eigenvalue weighted by Crippen LogP contribution is 1.88. The van der Waals surface area contributed by atoms with Gasteiger partial charge < -0.3 is 15.3 Å². The van der Waals surface area contributed by atoms with Crippen LogP contribution in [0, 0.1) is 0 Å². The van der Waals surface area contributed by atoms with E-state index in [4.69, 9.17) is 10.2 Å². The zero-order chi connectivity index (χ0) is 8.57. The largest absolute Gasteiger partial charge is 0.876 e. The number of allylic oxidation sites excluding steroid dienone is 2. The molecule has 0 rings (SSSR count). The fraction of sp³-hybridized carbons (Fsp3) is 0.429. The molecular weight excluding hydrogens is 132 g/mol.